The van der Waals surface area contributed by atoms with Gasteiger partial charge in [-0.1, -0.05) is 0 Å². The molecule has 0 unspecified atom stereocenters. The van der Waals surface area contributed by atoms with Gasteiger partial charge in [0.25, 0.3) is 0 Å². The summed E-state index contributed by atoms with van der Waals surface area (Å²) in [5.41, 5.74) is 0.998. The van der Waals surface area contributed by atoms with E-state index in [2.05, 4.69) is 10.0 Å². The first-order valence-corrected chi connectivity index (χ1v) is 9.70. The van der Waals surface area contributed by atoms with Crippen LogP contribution in [0.25, 0.3) is 0 Å². The standard InChI is InChI=1S/C17H28N2O3S/c1-17(2,3)23(21,22)19-15-6-4-13(5-7-15)12-18-14-8-10-16(20)11-9-14/h8-11,13,15,18-20H,4-7,12H2,1-3H3/t13-,15-. The van der Waals surface area contributed by atoms with Gasteiger partial charge in [-0.25, -0.2) is 13.1 Å². The van der Waals surface area contributed by atoms with Crippen LogP contribution in [0, 0.1) is 5.92 Å². The highest BCUT2D eigenvalue weighted by Crippen LogP contribution is 2.27. The Bertz CT molecular complexity index is 598. The predicted molar refractivity (Wildman–Crippen MR) is 94.2 cm³/mol. The van der Waals surface area contributed by atoms with Crippen LogP contribution in [0.15, 0.2) is 24.3 Å². The molecule has 0 spiro atoms. The van der Waals surface area contributed by atoms with Crippen LogP contribution in [-0.2, 0) is 10.0 Å². The maximum Gasteiger partial charge on any atom is 0.216 e. The molecule has 1 fully saturated rings. The van der Waals surface area contributed by atoms with Crippen molar-refractivity contribution in [2.24, 2.45) is 5.92 Å². The van der Waals surface area contributed by atoms with E-state index < -0.39 is 14.8 Å². The number of aromatic hydroxyl groups is 1. The third-order valence-corrected chi connectivity index (χ3v) is 6.69. The third kappa shape index (κ3) is 5.11. The lowest BCUT2D eigenvalue weighted by atomic mass is 9.86. The first kappa shape index (κ1) is 18.1. The molecule has 130 valence electrons. The number of sulfonamides is 1. The van der Waals surface area contributed by atoms with Crippen LogP contribution in [0.2, 0.25) is 0 Å². The minimum Gasteiger partial charge on any atom is -0.508 e. The van der Waals surface area contributed by atoms with Gasteiger partial charge in [-0.3, -0.25) is 0 Å². The van der Waals surface area contributed by atoms with Crippen LogP contribution in [0.5, 0.6) is 5.75 Å². The van der Waals surface area contributed by atoms with Crippen LogP contribution in [0.3, 0.4) is 0 Å². The van der Waals surface area contributed by atoms with Gasteiger partial charge in [0.1, 0.15) is 5.75 Å². The Hall–Kier alpha value is -1.27. The first-order chi connectivity index (χ1) is 10.7. The lowest BCUT2D eigenvalue weighted by Gasteiger charge is -2.31. The minimum atomic E-state index is -3.26. The molecule has 1 aliphatic rings. The van der Waals surface area contributed by atoms with Crippen LogP contribution in [0.1, 0.15) is 46.5 Å². The number of hydrogen-bond acceptors (Lipinski definition) is 4. The van der Waals surface area contributed by atoms with E-state index in [1.54, 1.807) is 32.9 Å². The summed E-state index contributed by atoms with van der Waals surface area (Å²) in [4.78, 5) is 0. The summed E-state index contributed by atoms with van der Waals surface area (Å²) < 4.78 is 26.5. The maximum atomic E-state index is 12.2. The van der Waals surface area contributed by atoms with Crippen molar-refractivity contribution in [3.05, 3.63) is 24.3 Å². The summed E-state index contributed by atoms with van der Waals surface area (Å²) in [5, 5.41) is 12.6. The largest absolute Gasteiger partial charge is 0.508 e. The summed E-state index contributed by atoms with van der Waals surface area (Å²) in [6, 6.07) is 7.11. The average molecular weight is 340 g/mol. The van der Waals surface area contributed by atoms with Gasteiger partial charge in [-0.15, -0.1) is 0 Å². The number of anilines is 1. The Morgan fingerprint density at radius 1 is 1.09 bits per heavy atom. The lowest BCUT2D eigenvalue weighted by Crippen LogP contribution is -2.46. The maximum absolute atomic E-state index is 12.2. The van der Waals surface area contributed by atoms with Gasteiger partial charge in [0.2, 0.25) is 10.0 Å². The second-order valence-electron chi connectivity index (χ2n) is 7.38. The molecule has 1 aromatic carbocycles. The molecule has 1 saturated carbocycles. The predicted octanol–water partition coefficient (Wildman–Crippen LogP) is 3.08. The van der Waals surface area contributed by atoms with Gasteiger partial charge in [0, 0.05) is 18.3 Å². The van der Waals surface area contributed by atoms with Crippen molar-refractivity contribution in [3.63, 3.8) is 0 Å². The highest BCUT2D eigenvalue weighted by atomic mass is 32.2. The van der Waals surface area contributed by atoms with E-state index in [0.29, 0.717) is 5.92 Å². The molecule has 0 aromatic heterocycles. The van der Waals surface area contributed by atoms with Crippen molar-refractivity contribution in [3.8, 4) is 5.75 Å². The Morgan fingerprint density at radius 3 is 2.17 bits per heavy atom. The molecule has 0 amide bonds. The van der Waals surface area contributed by atoms with Crippen molar-refractivity contribution in [2.45, 2.75) is 57.2 Å². The van der Waals surface area contributed by atoms with E-state index in [9.17, 15) is 13.5 Å². The van der Waals surface area contributed by atoms with E-state index in [4.69, 9.17) is 0 Å². The molecule has 23 heavy (non-hydrogen) atoms. The fourth-order valence-corrected chi connectivity index (χ4v) is 3.75. The molecule has 0 atom stereocenters. The smallest absolute Gasteiger partial charge is 0.216 e. The molecule has 3 N–H and O–H groups in total. The number of rotatable bonds is 5. The summed E-state index contributed by atoms with van der Waals surface area (Å²) in [7, 11) is -3.26. The van der Waals surface area contributed by atoms with Crippen LogP contribution >= 0.6 is 0 Å². The number of phenols is 1. The third-order valence-electron chi connectivity index (χ3n) is 4.44. The summed E-state index contributed by atoms with van der Waals surface area (Å²) in [5.74, 6) is 0.821. The zero-order valence-corrected chi connectivity index (χ0v) is 15.0. The number of nitrogens with one attached hydrogen (secondary N) is 2. The zero-order valence-electron chi connectivity index (χ0n) is 14.2. The van der Waals surface area contributed by atoms with Gasteiger partial charge in [-0.2, -0.15) is 0 Å². The van der Waals surface area contributed by atoms with Crippen molar-refractivity contribution in [1.82, 2.24) is 4.72 Å². The minimum absolute atomic E-state index is 0.0594. The lowest BCUT2D eigenvalue weighted by molar-refractivity contribution is 0.322. The second kappa shape index (κ2) is 7.09. The zero-order chi connectivity index (χ0) is 17.1. The number of hydrogen-bond donors (Lipinski definition) is 3. The fourth-order valence-electron chi connectivity index (χ4n) is 2.72. The first-order valence-electron chi connectivity index (χ1n) is 8.22. The highest BCUT2D eigenvalue weighted by Gasteiger charge is 2.32. The molecule has 0 heterocycles. The van der Waals surface area contributed by atoms with Gasteiger partial charge in [-0.05, 0) is 76.6 Å². The Balaban J connectivity index is 1.77. The summed E-state index contributed by atoms with van der Waals surface area (Å²) >= 11 is 0. The van der Waals surface area contributed by atoms with Crippen molar-refractivity contribution in [2.75, 3.05) is 11.9 Å². The summed E-state index contributed by atoms with van der Waals surface area (Å²) in [6.07, 6.45) is 3.80. The number of phenolic OH excluding ortho intramolecular Hbond substituents is 1. The summed E-state index contributed by atoms with van der Waals surface area (Å²) in [6.45, 7) is 6.05. The van der Waals surface area contributed by atoms with Crippen LogP contribution < -0.4 is 10.0 Å². The van der Waals surface area contributed by atoms with Gasteiger partial charge in [0.05, 0.1) is 4.75 Å². The van der Waals surface area contributed by atoms with Crippen LogP contribution in [-0.4, -0.2) is 30.9 Å². The molecule has 1 aliphatic carbocycles. The van der Waals surface area contributed by atoms with E-state index in [-0.39, 0.29) is 11.8 Å². The van der Waals surface area contributed by atoms with Crippen molar-refractivity contribution < 1.29 is 13.5 Å². The topological polar surface area (TPSA) is 78.4 Å². The van der Waals surface area contributed by atoms with Crippen LogP contribution in [0.4, 0.5) is 5.69 Å². The molecule has 0 aliphatic heterocycles. The molecular weight excluding hydrogens is 312 g/mol. The van der Waals surface area contributed by atoms with E-state index in [0.717, 1.165) is 37.9 Å². The van der Waals surface area contributed by atoms with Gasteiger partial charge in [0.15, 0.2) is 0 Å². The molecule has 6 heteroatoms. The van der Waals surface area contributed by atoms with E-state index in [1.165, 1.54) is 0 Å². The monoisotopic (exact) mass is 340 g/mol. The molecule has 5 nitrogen and oxygen atoms in total. The van der Waals surface area contributed by atoms with E-state index in [1.807, 2.05) is 12.1 Å². The molecule has 0 saturated heterocycles. The Labute approximate surface area is 139 Å². The second-order valence-corrected chi connectivity index (χ2v) is 9.85. The molecular formula is C17H28N2O3S. The Kier molecular flexibility index (Phi) is 5.57. The quantitative estimate of drug-likeness (QED) is 0.720. The molecule has 0 radical (unpaired) electrons. The molecule has 1 aromatic rings. The Morgan fingerprint density at radius 2 is 1.65 bits per heavy atom. The fraction of sp³-hybridized carbons (Fsp3) is 0.647. The average Bonchev–Trinajstić information content (AvgIpc) is 2.47. The van der Waals surface area contributed by atoms with Crippen molar-refractivity contribution >= 4 is 15.7 Å². The SMILES string of the molecule is CC(C)(C)S(=O)(=O)N[C@H]1CC[C@H](CNc2ccc(O)cc2)CC1. The molecule has 2 rings (SSSR count). The highest BCUT2D eigenvalue weighted by molar-refractivity contribution is 7.90. The van der Waals surface area contributed by atoms with Crippen molar-refractivity contribution in [1.29, 1.82) is 0 Å². The van der Waals surface area contributed by atoms with E-state index >= 15 is 0 Å². The normalized spacial score (nSPS) is 22.7. The van der Waals surface area contributed by atoms with Gasteiger partial charge < -0.3 is 10.4 Å². The van der Waals surface area contributed by atoms with Gasteiger partial charge >= 0.3 is 0 Å². The molecule has 0 bridgehead atoms. The number of benzene rings is 1.